The molecule has 0 saturated carbocycles. The quantitative estimate of drug-likeness (QED) is 0.0309. The topological polar surface area (TPSA) is 390 Å². The second kappa shape index (κ2) is 24.1. The smallest absolute Gasteiger partial charge is 0.335 e. The lowest BCUT2D eigenvalue weighted by Crippen LogP contribution is -2.71. The normalized spacial score (nSPS) is 39.1. The Bertz CT molecular complexity index is 1740. The van der Waals surface area contributed by atoms with E-state index in [9.17, 15) is 69.6 Å². The van der Waals surface area contributed by atoms with E-state index in [1.807, 2.05) is 0 Å². The number of carboxylic acids is 2. The fourth-order valence-electron chi connectivity index (χ4n) is 7.45. The highest BCUT2D eigenvalue weighted by Gasteiger charge is 2.58. The maximum Gasteiger partial charge on any atom is 0.335 e. The molecule has 4 aliphatic heterocycles. The monoisotopic (exact) mass is 954 g/mol. The summed E-state index contributed by atoms with van der Waals surface area (Å²) < 4.78 is 61.0. The van der Waals surface area contributed by atoms with E-state index in [1.54, 1.807) is 0 Å². The second-order valence-electron chi connectivity index (χ2n) is 15.6. The van der Waals surface area contributed by atoms with Crippen molar-refractivity contribution in [1.82, 2.24) is 10.6 Å². The fourth-order valence-corrected chi connectivity index (χ4v) is 7.45. The molecule has 10 N–H and O–H groups in total. The van der Waals surface area contributed by atoms with E-state index in [0.29, 0.717) is 0 Å². The maximum absolute atomic E-state index is 12.9. The van der Waals surface area contributed by atoms with E-state index in [-0.39, 0.29) is 18.4 Å². The van der Waals surface area contributed by atoms with Crippen molar-refractivity contribution in [2.45, 2.75) is 156 Å². The molecule has 0 aromatic carbocycles. The largest absolute Gasteiger partial charge is 0.479 e. The van der Waals surface area contributed by atoms with E-state index in [1.165, 1.54) is 20.1 Å². The Morgan fingerprint density at radius 1 is 0.576 bits per heavy atom. The molecule has 4 saturated heterocycles. The summed E-state index contributed by atoms with van der Waals surface area (Å²) in [5, 5.41) is 92.8. The second-order valence-corrected chi connectivity index (χ2v) is 15.6. The van der Waals surface area contributed by atoms with E-state index < -0.39 is 172 Å². The van der Waals surface area contributed by atoms with Crippen LogP contribution < -0.4 is 10.6 Å². The van der Waals surface area contributed by atoms with Gasteiger partial charge in [0.05, 0.1) is 0 Å². The van der Waals surface area contributed by atoms with Crippen molar-refractivity contribution in [2.75, 3.05) is 27.4 Å². The SMILES string of the molecule is C=CCCC(=O)OCC1O[C@@H](OC)C(NC(C)=O)[C@@H](O[C@@H]2OC(C(=O)O)[C@@H](O[C@@H]3OC(COC(=O)C(=C)C)[C@@H](O)[C@H](O[C@@H]4OC(C(=O)O)[C@@H](OC)[C@H](O)C4O)C3NC(C)=O)[C@H](O)C2O)[C@@H]1O. The third-order valence-corrected chi connectivity index (χ3v) is 10.7. The van der Waals surface area contributed by atoms with Crippen molar-refractivity contribution in [3.63, 3.8) is 0 Å². The number of hydrogen-bond acceptors (Lipinski definition) is 23. The molecular formula is C39H58N2O25. The summed E-state index contributed by atoms with van der Waals surface area (Å²) in [6.45, 7) is 8.96. The fraction of sp³-hybridized carbons (Fsp3) is 0.744. The molecule has 8 unspecified atom stereocenters. The van der Waals surface area contributed by atoms with Crippen LogP contribution in [-0.4, -0.2) is 227 Å². The van der Waals surface area contributed by atoms with Gasteiger partial charge in [-0.25, -0.2) is 14.4 Å². The number of aliphatic hydroxyl groups excluding tert-OH is 6. The van der Waals surface area contributed by atoms with Gasteiger partial charge in [-0.05, 0) is 13.3 Å². The molecule has 66 heavy (non-hydrogen) atoms. The minimum Gasteiger partial charge on any atom is -0.479 e. The number of allylic oxidation sites excluding steroid dienone is 1. The van der Waals surface area contributed by atoms with E-state index in [0.717, 1.165) is 21.0 Å². The van der Waals surface area contributed by atoms with Crippen molar-refractivity contribution in [2.24, 2.45) is 0 Å². The first-order chi connectivity index (χ1) is 31.1. The summed E-state index contributed by atoms with van der Waals surface area (Å²) in [6, 6.07) is -3.24. The summed E-state index contributed by atoms with van der Waals surface area (Å²) in [4.78, 5) is 74.5. The van der Waals surface area contributed by atoms with Gasteiger partial charge in [0.2, 0.25) is 11.8 Å². The minimum absolute atomic E-state index is 0.0617. The van der Waals surface area contributed by atoms with Gasteiger partial charge in [-0.1, -0.05) is 12.7 Å². The first-order valence-electron chi connectivity index (χ1n) is 20.4. The zero-order chi connectivity index (χ0) is 49.3. The predicted molar refractivity (Wildman–Crippen MR) is 210 cm³/mol. The molecule has 0 aromatic rings. The molecule has 374 valence electrons. The number of hydrogen-bond donors (Lipinski definition) is 10. The van der Waals surface area contributed by atoms with Crippen LogP contribution in [0.15, 0.2) is 24.8 Å². The minimum atomic E-state index is -2.34. The van der Waals surface area contributed by atoms with Crippen LogP contribution in [0.4, 0.5) is 0 Å². The molecule has 0 aliphatic carbocycles. The Hall–Kier alpha value is -4.30. The number of esters is 2. The van der Waals surface area contributed by atoms with Crippen LogP contribution in [0.1, 0.15) is 33.6 Å². The molecule has 2 amide bonds. The van der Waals surface area contributed by atoms with Gasteiger partial charge in [-0.3, -0.25) is 14.4 Å². The molecule has 0 aromatic heterocycles. The Balaban J connectivity index is 1.68. The molecule has 27 nitrogen and oxygen atoms in total. The van der Waals surface area contributed by atoms with Gasteiger partial charge in [-0.2, -0.15) is 0 Å². The zero-order valence-electron chi connectivity index (χ0n) is 36.4. The van der Waals surface area contributed by atoms with E-state index >= 15 is 0 Å². The zero-order valence-corrected chi connectivity index (χ0v) is 36.4. The predicted octanol–water partition coefficient (Wildman–Crippen LogP) is -5.32. The Kier molecular flexibility index (Phi) is 19.8. The van der Waals surface area contributed by atoms with Crippen molar-refractivity contribution in [3.8, 4) is 0 Å². The Morgan fingerprint density at radius 2 is 1.02 bits per heavy atom. The average molecular weight is 955 g/mol. The number of nitrogens with one attached hydrogen (secondary N) is 2. The first kappa shape index (κ1) is 54.3. The van der Waals surface area contributed by atoms with Crippen molar-refractivity contribution in [3.05, 3.63) is 24.8 Å². The number of ether oxygens (including phenoxy) is 11. The lowest BCUT2D eigenvalue weighted by Gasteiger charge is -2.50. The van der Waals surface area contributed by atoms with Crippen LogP contribution in [-0.2, 0) is 80.9 Å². The molecule has 4 heterocycles. The van der Waals surface area contributed by atoms with E-state index in [2.05, 4.69) is 23.8 Å². The standard InChI is InChI=1S/C39H58N2O25/c1-8-9-10-18(44)58-11-16-21(45)27(19(40-14(4)42)36(57-7)60-16)62-39-26(50)24(48)30(32(66-39)34(53)54)64-37-20(41-15(5)43)28(22(46)17(61-37)12-59-35(55)13(2)3)63-38-25(49)23(47)29(56-6)31(65-38)33(51)52/h8,16-17,19-32,36-39,45-50H,1-2,9-12H2,3-7H3,(H,40,42)(H,41,43)(H,51,52)(H,53,54)/t16?,17?,19?,20?,21-,22-,23-,24-,25?,26?,27-,28-,29+,30+,31?,32?,36-,37+,38-,39-/m1/s1. The van der Waals surface area contributed by atoms with Gasteiger partial charge in [0.25, 0.3) is 0 Å². The highest BCUT2D eigenvalue weighted by Crippen LogP contribution is 2.35. The Labute approximate surface area is 376 Å². The number of carbonyl (C=O) groups is 6. The molecular weight excluding hydrogens is 896 g/mol. The first-order valence-corrected chi connectivity index (χ1v) is 20.4. The van der Waals surface area contributed by atoms with Gasteiger partial charge >= 0.3 is 23.9 Å². The van der Waals surface area contributed by atoms with Crippen LogP contribution in [0.2, 0.25) is 0 Å². The van der Waals surface area contributed by atoms with E-state index in [4.69, 9.17) is 52.1 Å². The number of methoxy groups -OCH3 is 2. The molecule has 27 heteroatoms. The summed E-state index contributed by atoms with van der Waals surface area (Å²) in [7, 11) is 2.20. The van der Waals surface area contributed by atoms with Crippen molar-refractivity contribution >= 4 is 35.7 Å². The summed E-state index contributed by atoms with van der Waals surface area (Å²) >= 11 is 0. The van der Waals surface area contributed by atoms with Crippen LogP contribution in [0.25, 0.3) is 0 Å². The number of carboxylic acid groups (broad SMARTS) is 2. The molecule has 4 aliphatic rings. The van der Waals surface area contributed by atoms with Crippen LogP contribution in [0, 0.1) is 0 Å². The third-order valence-electron chi connectivity index (χ3n) is 10.7. The molecule has 20 atom stereocenters. The molecule has 0 spiro atoms. The lowest BCUT2D eigenvalue weighted by molar-refractivity contribution is -0.369. The van der Waals surface area contributed by atoms with Crippen molar-refractivity contribution < 1.29 is 122 Å². The molecule has 0 bridgehead atoms. The van der Waals surface area contributed by atoms with Crippen LogP contribution in [0.3, 0.4) is 0 Å². The summed E-state index contributed by atoms with van der Waals surface area (Å²) in [5.41, 5.74) is -0.0951. The van der Waals surface area contributed by atoms with Crippen molar-refractivity contribution in [1.29, 1.82) is 0 Å². The maximum atomic E-state index is 12.9. The van der Waals surface area contributed by atoms with Gasteiger partial charge in [0.1, 0.15) is 98.5 Å². The van der Waals surface area contributed by atoms with Gasteiger partial charge in [-0.15, -0.1) is 6.58 Å². The van der Waals surface area contributed by atoms with Gasteiger partial charge < -0.3 is 104 Å². The molecule has 4 rings (SSSR count). The highest BCUT2D eigenvalue weighted by molar-refractivity contribution is 5.87. The van der Waals surface area contributed by atoms with Gasteiger partial charge in [0, 0.05) is 40.1 Å². The summed E-state index contributed by atoms with van der Waals surface area (Å²) in [5.74, 6) is -6.77. The summed E-state index contributed by atoms with van der Waals surface area (Å²) in [6.07, 6.45) is -33.5. The molecule has 0 radical (unpaired) electrons. The number of carbonyl (C=O) groups excluding carboxylic acids is 4. The number of aliphatic hydroxyl groups is 6. The number of aliphatic carboxylic acids is 2. The third kappa shape index (κ3) is 13.0. The average Bonchev–Trinajstić information content (AvgIpc) is 3.25. The highest BCUT2D eigenvalue weighted by atomic mass is 16.8. The number of rotatable bonds is 20. The Morgan fingerprint density at radius 3 is 1.45 bits per heavy atom. The van der Waals surface area contributed by atoms with Crippen LogP contribution in [0.5, 0.6) is 0 Å². The molecule has 4 fully saturated rings. The van der Waals surface area contributed by atoms with Crippen LogP contribution >= 0.6 is 0 Å². The van der Waals surface area contributed by atoms with Gasteiger partial charge in [0.15, 0.2) is 37.4 Å². The lowest BCUT2D eigenvalue weighted by atomic mass is 9.94. The number of amides is 2.